The second kappa shape index (κ2) is 11.3. The molecule has 6 nitrogen and oxygen atoms in total. The van der Waals surface area contributed by atoms with Gasteiger partial charge in [0.25, 0.3) is 5.91 Å². The quantitative estimate of drug-likeness (QED) is 0.457. The van der Waals surface area contributed by atoms with Crippen molar-refractivity contribution < 1.29 is 19.1 Å². The van der Waals surface area contributed by atoms with Crippen LogP contribution >= 0.6 is 11.8 Å². The van der Waals surface area contributed by atoms with E-state index in [0.717, 1.165) is 12.0 Å². The number of amides is 2. The largest absolute Gasteiger partial charge is 0.455 e. The van der Waals surface area contributed by atoms with E-state index >= 15 is 0 Å². The molecule has 0 fully saturated rings. The highest BCUT2D eigenvalue weighted by Gasteiger charge is 2.27. The highest BCUT2D eigenvalue weighted by atomic mass is 32.2. The van der Waals surface area contributed by atoms with E-state index in [2.05, 4.69) is 5.32 Å². The summed E-state index contributed by atoms with van der Waals surface area (Å²) < 4.78 is 5.32. The topological polar surface area (TPSA) is 98.5 Å². The molecule has 154 valence electrons. The van der Waals surface area contributed by atoms with Crippen LogP contribution in [-0.2, 0) is 19.1 Å². The Hall–Kier alpha value is -2.80. The van der Waals surface area contributed by atoms with Crippen LogP contribution in [0.5, 0.6) is 0 Å². The third-order valence-electron chi connectivity index (χ3n) is 4.50. The molecule has 0 radical (unpaired) electrons. The van der Waals surface area contributed by atoms with E-state index in [4.69, 9.17) is 10.5 Å². The number of primary amides is 1. The number of ether oxygens (including phenoxy) is 1. The molecule has 0 saturated heterocycles. The number of para-hydroxylation sites is 1. The van der Waals surface area contributed by atoms with Crippen molar-refractivity contribution in [2.75, 3.05) is 17.7 Å². The van der Waals surface area contributed by atoms with Crippen LogP contribution in [-0.4, -0.2) is 30.1 Å². The number of anilines is 1. The van der Waals surface area contributed by atoms with Crippen LogP contribution in [0.1, 0.15) is 31.7 Å². The van der Waals surface area contributed by atoms with Crippen LogP contribution in [0.2, 0.25) is 0 Å². The first-order chi connectivity index (χ1) is 13.9. The molecule has 2 rings (SSSR count). The fourth-order valence-electron chi connectivity index (χ4n) is 2.85. The molecule has 0 bridgehead atoms. The highest BCUT2D eigenvalue weighted by molar-refractivity contribution is 8.00. The summed E-state index contributed by atoms with van der Waals surface area (Å²) in [5.41, 5.74) is 6.60. The molecule has 2 amide bonds. The van der Waals surface area contributed by atoms with Gasteiger partial charge in [0.15, 0.2) is 6.61 Å². The van der Waals surface area contributed by atoms with E-state index in [-0.39, 0.29) is 18.3 Å². The molecule has 0 unspecified atom stereocenters. The van der Waals surface area contributed by atoms with E-state index in [9.17, 15) is 14.4 Å². The van der Waals surface area contributed by atoms with Crippen LogP contribution in [0.4, 0.5) is 5.69 Å². The summed E-state index contributed by atoms with van der Waals surface area (Å²) in [4.78, 5) is 36.7. The average Bonchev–Trinajstić information content (AvgIpc) is 2.72. The maximum absolute atomic E-state index is 12.7. The zero-order valence-corrected chi connectivity index (χ0v) is 17.4. The van der Waals surface area contributed by atoms with Gasteiger partial charge in [-0.15, -0.1) is 11.8 Å². The summed E-state index contributed by atoms with van der Waals surface area (Å²) in [6.45, 7) is 3.62. The Balaban J connectivity index is 1.99. The molecule has 2 aromatic carbocycles. The van der Waals surface area contributed by atoms with Gasteiger partial charge in [-0.1, -0.05) is 62.7 Å². The number of rotatable bonds is 10. The molecule has 2 atom stereocenters. The molecule has 0 aliphatic rings. The molecular weight excluding hydrogens is 388 g/mol. The third-order valence-corrected chi connectivity index (χ3v) is 5.60. The molecule has 0 spiro atoms. The number of hydrogen-bond donors (Lipinski definition) is 2. The maximum atomic E-state index is 12.7. The Morgan fingerprint density at radius 2 is 1.72 bits per heavy atom. The summed E-state index contributed by atoms with van der Waals surface area (Å²) in [7, 11) is 0. The van der Waals surface area contributed by atoms with Crippen molar-refractivity contribution in [2.45, 2.75) is 31.1 Å². The van der Waals surface area contributed by atoms with Gasteiger partial charge in [0.05, 0.1) is 17.4 Å². The molecule has 0 aliphatic carbocycles. The van der Waals surface area contributed by atoms with Gasteiger partial charge in [0.2, 0.25) is 5.91 Å². The lowest BCUT2D eigenvalue weighted by Crippen LogP contribution is -2.27. The van der Waals surface area contributed by atoms with Crippen molar-refractivity contribution in [2.24, 2.45) is 11.7 Å². The SMILES string of the molecule is CC[C@H](C)[C@@H](C(=O)OCC(=O)Nc1ccccc1SCC(N)=O)c1ccccc1. The minimum Gasteiger partial charge on any atom is -0.455 e. The standard InChI is InChI=1S/C22H26N2O4S/c1-3-15(2)21(16-9-5-4-6-10-16)22(27)28-13-20(26)24-17-11-7-8-12-18(17)29-14-19(23)25/h4-12,15,21H,3,13-14H2,1-2H3,(H2,23,25)(H,24,26)/t15-,21+/m0/s1. The molecule has 7 heteroatoms. The van der Waals surface area contributed by atoms with Crippen molar-refractivity contribution in [3.63, 3.8) is 0 Å². The molecule has 0 aliphatic heterocycles. The second-order valence-electron chi connectivity index (χ2n) is 6.68. The maximum Gasteiger partial charge on any atom is 0.314 e. The number of hydrogen-bond acceptors (Lipinski definition) is 5. The first-order valence-corrected chi connectivity index (χ1v) is 10.4. The Morgan fingerprint density at radius 3 is 2.38 bits per heavy atom. The predicted octanol–water partition coefficient (Wildman–Crippen LogP) is 3.58. The summed E-state index contributed by atoms with van der Waals surface area (Å²) >= 11 is 1.23. The van der Waals surface area contributed by atoms with Gasteiger partial charge in [-0.05, 0) is 23.6 Å². The van der Waals surface area contributed by atoms with Gasteiger partial charge in [-0.2, -0.15) is 0 Å². The number of nitrogens with one attached hydrogen (secondary N) is 1. The summed E-state index contributed by atoms with van der Waals surface area (Å²) in [5.74, 6) is -1.54. The minimum absolute atomic E-state index is 0.0823. The van der Waals surface area contributed by atoms with E-state index in [1.807, 2.05) is 44.2 Å². The molecular formula is C22H26N2O4S. The zero-order chi connectivity index (χ0) is 21.2. The minimum atomic E-state index is -0.443. The van der Waals surface area contributed by atoms with Crippen molar-refractivity contribution in [1.82, 2.24) is 0 Å². The van der Waals surface area contributed by atoms with E-state index in [1.165, 1.54) is 11.8 Å². The lowest BCUT2D eigenvalue weighted by molar-refractivity contribution is -0.150. The van der Waals surface area contributed by atoms with Crippen molar-refractivity contribution in [3.8, 4) is 0 Å². The predicted molar refractivity (Wildman–Crippen MR) is 115 cm³/mol. The molecule has 2 aromatic rings. The summed E-state index contributed by atoms with van der Waals surface area (Å²) in [5, 5.41) is 2.72. The normalized spacial score (nSPS) is 12.6. The van der Waals surface area contributed by atoms with Gasteiger partial charge in [-0.25, -0.2) is 0 Å². The number of esters is 1. The van der Waals surface area contributed by atoms with Crippen LogP contribution in [0.3, 0.4) is 0 Å². The van der Waals surface area contributed by atoms with E-state index in [1.54, 1.807) is 24.3 Å². The van der Waals surface area contributed by atoms with Gasteiger partial charge >= 0.3 is 5.97 Å². The van der Waals surface area contributed by atoms with E-state index < -0.39 is 23.7 Å². The van der Waals surface area contributed by atoms with Gasteiger partial charge in [-0.3, -0.25) is 14.4 Å². The lowest BCUT2D eigenvalue weighted by atomic mass is 9.86. The molecule has 0 saturated carbocycles. The van der Waals surface area contributed by atoms with Crippen LogP contribution in [0.15, 0.2) is 59.5 Å². The molecule has 0 aromatic heterocycles. The number of thioether (sulfide) groups is 1. The lowest BCUT2D eigenvalue weighted by Gasteiger charge is -2.21. The number of carbonyl (C=O) groups is 3. The first kappa shape index (κ1) is 22.5. The van der Waals surface area contributed by atoms with Crippen molar-refractivity contribution in [3.05, 3.63) is 60.2 Å². The number of carbonyl (C=O) groups excluding carboxylic acids is 3. The highest BCUT2D eigenvalue weighted by Crippen LogP contribution is 2.29. The summed E-state index contributed by atoms with van der Waals surface area (Å²) in [6, 6.07) is 16.5. The number of benzene rings is 2. The van der Waals surface area contributed by atoms with Crippen LogP contribution in [0.25, 0.3) is 0 Å². The molecule has 29 heavy (non-hydrogen) atoms. The second-order valence-corrected chi connectivity index (χ2v) is 7.70. The fraction of sp³-hybridized carbons (Fsp3) is 0.318. The average molecular weight is 415 g/mol. The Morgan fingerprint density at radius 1 is 1.07 bits per heavy atom. The van der Waals surface area contributed by atoms with Gasteiger partial charge in [0.1, 0.15) is 0 Å². The summed E-state index contributed by atoms with van der Waals surface area (Å²) in [6.07, 6.45) is 0.811. The Labute approximate surface area is 175 Å². The monoisotopic (exact) mass is 414 g/mol. The zero-order valence-electron chi connectivity index (χ0n) is 16.6. The van der Waals surface area contributed by atoms with Crippen molar-refractivity contribution in [1.29, 1.82) is 0 Å². The number of nitrogens with two attached hydrogens (primary N) is 1. The Bertz CT molecular complexity index is 842. The molecule has 3 N–H and O–H groups in total. The van der Waals surface area contributed by atoms with Gasteiger partial charge < -0.3 is 15.8 Å². The third kappa shape index (κ3) is 6.94. The van der Waals surface area contributed by atoms with Gasteiger partial charge in [0, 0.05) is 4.90 Å². The van der Waals surface area contributed by atoms with Crippen LogP contribution in [0, 0.1) is 5.92 Å². The Kier molecular flexibility index (Phi) is 8.73. The fourth-order valence-corrected chi connectivity index (χ4v) is 3.60. The smallest absolute Gasteiger partial charge is 0.314 e. The first-order valence-electron chi connectivity index (χ1n) is 9.44. The van der Waals surface area contributed by atoms with Crippen LogP contribution < -0.4 is 11.1 Å². The van der Waals surface area contributed by atoms with Crippen molar-refractivity contribution >= 4 is 35.2 Å². The van der Waals surface area contributed by atoms with E-state index in [0.29, 0.717) is 10.6 Å². The molecule has 0 heterocycles.